The van der Waals surface area contributed by atoms with Gasteiger partial charge in [-0.05, 0) is 25.1 Å². The Hall–Kier alpha value is -2.35. The topological polar surface area (TPSA) is 96.5 Å². The number of methoxy groups -OCH3 is 1. The van der Waals surface area contributed by atoms with Gasteiger partial charge in [0.15, 0.2) is 0 Å². The lowest BCUT2D eigenvalue weighted by molar-refractivity contribution is 0.130. The molecule has 1 aromatic carbocycles. The van der Waals surface area contributed by atoms with Crippen LogP contribution in [0.1, 0.15) is 16.8 Å². The minimum Gasteiger partial charge on any atom is -0.496 e. The van der Waals surface area contributed by atoms with E-state index in [2.05, 4.69) is 31.1 Å². The number of benzene rings is 1. The second-order valence-electron chi connectivity index (χ2n) is 4.41. The van der Waals surface area contributed by atoms with E-state index in [1.54, 1.807) is 14.0 Å². The maximum Gasteiger partial charge on any atom is 0.325 e. The molecular formula is C14H14BrN3O4. The maximum atomic E-state index is 11.6. The first kappa shape index (κ1) is 16.0. The molecule has 0 unspecified atom stereocenters. The predicted molar refractivity (Wildman–Crippen MR) is 85.5 cm³/mol. The van der Waals surface area contributed by atoms with Gasteiger partial charge in [0.05, 0.1) is 18.9 Å². The number of aromatic nitrogens is 2. The Bertz CT molecular complexity index is 810. The molecule has 8 heteroatoms. The minimum absolute atomic E-state index is 0.180. The van der Waals surface area contributed by atoms with Crippen molar-refractivity contribution in [2.75, 3.05) is 7.11 Å². The molecule has 1 heterocycles. The van der Waals surface area contributed by atoms with Crippen LogP contribution in [0.2, 0.25) is 0 Å². The molecule has 7 nitrogen and oxygen atoms in total. The molecule has 0 fully saturated rings. The average molecular weight is 368 g/mol. The fourth-order valence-corrected chi connectivity index (χ4v) is 2.23. The van der Waals surface area contributed by atoms with Crippen LogP contribution in [-0.2, 0) is 11.4 Å². The van der Waals surface area contributed by atoms with Gasteiger partial charge < -0.3 is 14.6 Å². The van der Waals surface area contributed by atoms with Crippen molar-refractivity contribution in [1.82, 2.24) is 9.97 Å². The van der Waals surface area contributed by atoms with Crippen LogP contribution in [0.5, 0.6) is 5.75 Å². The monoisotopic (exact) mass is 367 g/mol. The fraction of sp³-hybridized carbons (Fsp3) is 0.214. The van der Waals surface area contributed by atoms with Gasteiger partial charge in [0.2, 0.25) is 0 Å². The summed E-state index contributed by atoms with van der Waals surface area (Å²) < 4.78 is 6.11. The number of aryl methyl sites for hydroxylation is 1. The van der Waals surface area contributed by atoms with Gasteiger partial charge in [-0.25, -0.2) is 4.79 Å². The Labute approximate surface area is 134 Å². The third-order valence-corrected chi connectivity index (χ3v) is 3.39. The lowest BCUT2D eigenvalue weighted by Crippen LogP contribution is -2.26. The molecule has 2 rings (SSSR count). The average Bonchev–Trinajstić information content (AvgIpc) is 2.45. The molecular weight excluding hydrogens is 354 g/mol. The lowest BCUT2D eigenvalue weighted by atomic mass is 10.2. The molecule has 0 aliphatic rings. The van der Waals surface area contributed by atoms with Crippen LogP contribution in [0.15, 0.2) is 37.4 Å². The van der Waals surface area contributed by atoms with E-state index in [1.807, 2.05) is 18.2 Å². The summed E-state index contributed by atoms with van der Waals surface area (Å²) in [6, 6.07) is 5.52. The van der Waals surface area contributed by atoms with E-state index in [1.165, 1.54) is 6.21 Å². The van der Waals surface area contributed by atoms with Crippen molar-refractivity contribution in [2.45, 2.75) is 13.5 Å². The van der Waals surface area contributed by atoms with Gasteiger partial charge in [-0.1, -0.05) is 21.1 Å². The molecule has 2 aromatic rings. The molecule has 2 N–H and O–H groups in total. The van der Waals surface area contributed by atoms with Gasteiger partial charge in [0.25, 0.3) is 5.56 Å². The number of H-pyrrole nitrogens is 2. The third kappa shape index (κ3) is 3.85. The Morgan fingerprint density at radius 3 is 2.77 bits per heavy atom. The number of rotatable bonds is 5. The fourth-order valence-electron chi connectivity index (χ4n) is 1.82. The van der Waals surface area contributed by atoms with E-state index < -0.39 is 11.2 Å². The molecule has 0 aliphatic carbocycles. The molecule has 116 valence electrons. The van der Waals surface area contributed by atoms with Crippen LogP contribution in [0.3, 0.4) is 0 Å². The number of nitrogens with one attached hydrogen (secondary N) is 2. The number of hydrogen-bond donors (Lipinski definition) is 2. The summed E-state index contributed by atoms with van der Waals surface area (Å²) in [5.41, 5.74) is 0.385. The SMILES string of the molecule is COc1ccc(Br)cc1CON=Cc1c(C)[nH]c(=O)[nH]c1=O. The van der Waals surface area contributed by atoms with Gasteiger partial charge in [-0.3, -0.25) is 9.78 Å². The van der Waals surface area contributed by atoms with E-state index in [4.69, 9.17) is 9.57 Å². The largest absolute Gasteiger partial charge is 0.496 e. The van der Waals surface area contributed by atoms with Crippen LogP contribution in [0, 0.1) is 6.92 Å². The zero-order valence-corrected chi connectivity index (χ0v) is 13.6. The standard InChI is InChI=1S/C14H14BrN3O4/c1-8-11(13(19)18-14(20)17-8)6-16-22-7-9-5-10(15)3-4-12(9)21-2/h3-6H,7H2,1-2H3,(H2,17,18,19,20). The maximum absolute atomic E-state index is 11.6. The first-order chi connectivity index (χ1) is 10.5. The van der Waals surface area contributed by atoms with Crippen molar-refractivity contribution in [3.63, 3.8) is 0 Å². The smallest absolute Gasteiger partial charge is 0.325 e. The molecule has 0 atom stereocenters. The van der Waals surface area contributed by atoms with Gasteiger partial charge >= 0.3 is 5.69 Å². The number of nitrogens with zero attached hydrogens (tertiary/aromatic N) is 1. The highest BCUT2D eigenvalue weighted by molar-refractivity contribution is 9.10. The van der Waals surface area contributed by atoms with E-state index in [0.29, 0.717) is 11.4 Å². The Morgan fingerprint density at radius 2 is 2.09 bits per heavy atom. The van der Waals surface area contributed by atoms with Crippen LogP contribution in [-0.4, -0.2) is 23.3 Å². The van der Waals surface area contributed by atoms with Crippen molar-refractivity contribution < 1.29 is 9.57 Å². The molecule has 0 saturated carbocycles. The Balaban J connectivity index is 2.10. The number of oxime groups is 1. The number of halogens is 1. The Morgan fingerprint density at radius 1 is 1.32 bits per heavy atom. The van der Waals surface area contributed by atoms with Gasteiger partial charge in [0.1, 0.15) is 12.4 Å². The first-order valence-electron chi connectivity index (χ1n) is 6.32. The number of aromatic amines is 2. The van der Waals surface area contributed by atoms with Gasteiger partial charge in [-0.15, -0.1) is 0 Å². The highest BCUT2D eigenvalue weighted by Crippen LogP contribution is 2.23. The highest BCUT2D eigenvalue weighted by Gasteiger charge is 2.05. The molecule has 22 heavy (non-hydrogen) atoms. The van der Waals surface area contributed by atoms with E-state index in [9.17, 15) is 9.59 Å². The summed E-state index contributed by atoms with van der Waals surface area (Å²) in [7, 11) is 1.57. The predicted octanol–water partition coefficient (Wildman–Crippen LogP) is 1.69. The highest BCUT2D eigenvalue weighted by atomic mass is 79.9. The van der Waals surface area contributed by atoms with Gasteiger partial charge in [-0.2, -0.15) is 0 Å². The summed E-state index contributed by atoms with van der Waals surface area (Å²) in [5, 5.41) is 3.76. The second-order valence-corrected chi connectivity index (χ2v) is 5.33. The summed E-state index contributed by atoms with van der Waals surface area (Å²) in [5.74, 6) is 0.677. The van der Waals surface area contributed by atoms with Crippen molar-refractivity contribution in [2.24, 2.45) is 5.16 Å². The molecule has 0 spiro atoms. The number of ether oxygens (including phenoxy) is 1. The summed E-state index contributed by atoms with van der Waals surface area (Å²) in [6.07, 6.45) is 1.26. The lowest BCUT2D eigenvalue weighted by Gasteiger charge is -2.07. The van der Waals surface area contributed by atoms with Crippen LogP contribution < -0.4 is 16.0 Å². The number of hydrogen-bond acceptors (Lipinski definition) is 5. The van der Waals surface area contributed by atoms with E-state index in [-0.39, 0.29) is 12.2 Å². The second kappa shape index (κ2) is 7.08. The van der Waals surface area contributed by atoms with E-state index in [0.717, 1.165) is 10.0 Å². The summed E-state index contributed by atoms with van der Waals surface area (Å²) in [6.45, 7) is 1.79. The van der Waals surface area contributed by atoms with Crippen LogP contribution in [0.4, 0.5) is 0 Å². The van der Waals surface area contributed by atoms with Crippen LogP contribution in [0.25, 0.3) is 0 Å². The molecule has 0 saturated heterocycles. The third-order valence-electron chi connectivity index (χ3n) is 2.90. The molecule has 0 amide bonds. The molecule has 0 aliphatic heterocycles. The van der Waals surface area contributed by atoms with Crippen molar-refractivity contribution in [1.29, 1.82) is 0 Å². The van der Waals surface area contributed by atoms with Gasteiger partial charge in [0, 0.05) is 15.7 Å². The Kier molecular flexibility index (Phi) is 5.16. The zero-order chi connectivity index (χ0) is 16.1. The van der Waals surface area contributed by atoms with E-state index >= 15 is 0 Å². The van der Waals surface area contributed by atoms with Crippen molar-refractivity contribution >= 4 is 22.1 Å². The minimum atomic E-state index is -0.556. The van der Waals surface area contributed by atoms with Crippen LogP contribution >= 0.6 is 15.9 Å². The van der Waals surface area contributed by atoms with Crippen molar-refractivity contribution in [3.05, 3.63) is 60.3 Å². The normalized spacial score (nSPS) is 10.9. The summed E-state index contributed by atoms with van der Waals surface area (Å²) in [4.78, 5) is 32.5. The molecule has 0 bridgehead atoms. The summed E-state index contributed by atoms with van der Waals surface area (Å²) >= 11 is 3.37. The molecule has 1 aromatic heterocycles. The zero-order valence-electron chi connectivity index (χ0n) is 12.0. The quantitative estimate of drug-likeness (QED) is 0.620. The molecule has 0 radical (unpaired) electrons. The van der Waals surface area contributed by atoms with Crippen molar-refractivity contribution in [3.8, 4) is 5.75 Å². The first-order valence-corrected chi connectivity index (χ1v) is 7.11.